The van der Waals surface area contributed by atoms with Crippen molar-refractivity contribution in [3.05, 3.63) is 54.7 Å². The second kappa shape index (κ2) is 5.02. The smallest absolute Gasteiger partial charge is 0.155 e. The molecular weight excluding hydrogens is 298 g/mol. The number of thiazole rings is 1. The SMILES string of the molecule is Nc1ccc(Sc2nc3ccccc3s2)c2ncccc12. The highest BCUT2D eigenvalue weighted by Gasteiger charge is 2.10. The molecule has 0 aliphatic heterocycles. The van der Waals surface area contributed by atoms with Gasteiger partial charge < -0.3 is 5.73 Å². The summed E-state index contributed by atoms with van der Waals surface area (Å²) in [4.78, 5) is 10.2. The first-order chi connectivity index (χ1) is 10.3. The van der Waals surface area contributed by atoms with Gasteiger partial charge in [0.2, 0.25) is 0 Å². The van der Waals surface area contributed by atoms with Crippen LogP contribution in [0.4, 0.5) is 5.69 Å². The van der Waals surface area contributed by atoms with Gasteiger partial charge in [-0.25, -0.2) is 4.98 Å². The molecule has 0 saturated carbocycles. The molecule has 3 nitrogen and oxygen atoms in total. The predicted molar refractivity (Wildman–Crippen MR) is 89.9 cm³/mol. The Kier molecular flexibility index (Phi) is 3.02. The maximum Gasteiger partial charge on any atom is 0.155 e. The van der Waals surface area contributed by atoms with Gasteiger partial charge in [0.1, 0.15) is 0 Å². The lowest BCUT2D eigenvalue weighted by Gasteiger charge is -2.05. The summed E-state index contributed by atoms with van der Waals surface area (Å²) in [5.74, 6) is 0. The van der Waals surface area contributed by atoms with Gasteiger partial charge >= 0.3 is 0 Å². The number of nitrogen functional groups attached to an aromatic ring is 1. The van der Waals surface area contributed by atoms with E-state index in [1.54, 1.807) is 29.3 Å². The highest BCUT2D eigenvalue weighted by Crippen LogP contribution is 2.38. The summed E-state index contributed by atoms with van der Waals surface area (Å²) in [7, 11) is 0. The quantitative estimate of drug-likeness (QED) is 0.551. The van der Waals surface area contributed by atoms with Crippen LogP contribution in [0.1, 0.15) is 0 Å². The Balaban J connectivity index is 1.82. The van der Waals surface area contributed by atoms with Gasteiger partial charge in [-0.1, -0.05) is 23.9 Å². The van der Waals surface area contributed by atoms with Gasteiger partial charge in [0.05, 0.1) is 15.7 Å². The number of benzene rings is 2. The van der Waals surface area contributed by atoms with Crippen LogP contribution in [0.2, 0.25) is 0 Å². The zero-order chi connectivity index (χ0) is 14.2. The monoisotopic (exact) mass is 309 g/mol. The number of anilines is 1. The van der Waals surface area contributed by atoms with Gasteiger partial charge in [0.15, 0.2) is 4.34 Å². The average Bonchev–Trinajstić information content (AvgIpc) is 2.93. The minimum absolute atomic E-state index is 0.756. The molecule has 5 heteroatoms. The minimum Gasteiger partial charge on any atom is -0.398 e. The van der Waals surface area contributed by atoms with E-state index in [4.69, 9.17) is 5.73 Å². The highest BCUT2D eigenvalue weighted by molar-refractivity contribution is 8.01. The molecule has 2 heterocycles. The van der Waals surface area contributed by atoms with Crippen LogP contribution in [0.25, 0.3) is 21.1 Å². The second-order valence-corrected chi connectivity index (χ2v) is 6.92. The molecule has 21 heavy (non-hydrogen) atoms. The maximum atomic E-state index is 6.02. The fraction of sp³-hybridized carbons (Fsp3) is 0. The molecule has 0 amide bonds. The van der Waals surface area contributed by atoms with Gasteiger partial charge in [0.25, 0.3) is 0 Å². The summed E-state index contributed by atoms with van der Waals surface area (Å²) >= 11 is 3.34. The maximum absolute atomic E-state index is 6.02. The van der Waals surface area contributed by atoms with E-state index in [9.17, 15) is 0 Å². The number of para-hydroxylation sites is 1. The van der Waals surface area contributed by atoms with Crippen LogP contribution in [0, 0.1) is 0 Å². The fourth-order valence-electron chi connectivity index (χ4n) is 2.24. The first-order valence-corrected chi connectivity index (χ1v) is 8.11. The van der Waals surface area contributed by atoms with Crippen LogP contribution in [-0.2, 0) is 0 Å². The van der Waals surface area contributed by atoms with Crippen molar-refractivity contribution < 1.29 is 0 Å². The predicted octanol–water partition coefficient (Wildman–Crippen LogP) is 4.58. The Bertz CT molecular complexity index is 913. The third kappa shape index (κ3) is 2.24. The van der Waals surface area contributed by atoms with Crippen molar-refractivity contribution in [2.24, 2.45) is 0 Å². The van der Waals surface area contributed by atoms with E-state index < -0.39 is 0 Å². The number of hydrogen-bond donors (Lipinski definition) is 1. The van der Waals surface area contributed by atoms with E-state index in [-0.39, 0.29) is 0 Å². The normalized spacial score (nSPS) is 11.2. The largest absolute Gasteiger partial charge is 0.398 e. The van der Waals surface area contributed by atoms with Crippen molar-refractivity contribution >= 4 is 49.9 Å². The lowest BCUT2D eigenvalue weighted by atomic mass is 10.2. The third-order valence-corrected chi connectivity index (χ3v) is 5.38. The summed E-state index contributed by atoms with van der Waals surface area (Å²) in [6.07, 6.45) is 1.80. The molecule has 0 saturated heterocycles. The summed E-state index contributed by atoms with van der Waals surface area (Å²) in [6.45, 7) is 0. The van der Waals surface area contributed by atoms with Crippen molar-refractivity contribution in [3.8, 4) is 0 Å². The van der Waals surface area contributed by atoms with Gasteiger partial charge in [-0.15, -0.1) is 11.3 Å². The molecule has 2 N–H and O–H groups in total. The molecular formula is C16H11N3S2. The Morgan fingerprint density at radius 3 is 2.81 bits per heavy atom. The van der Waals surface area contributed by atoms with Crippen molar-refractivity contribution in [2.45, 2.75) is 9.24 Å². The summed E-state index contributed by atoms with van der Waals surface area (Å²) < 4.78 is 2.22. The van der Waals surface area contributed by atoms with Gasteiger partial charge in [-0.2, -0.15) is 0 Å². The van der Waals surface area contributed by atoms with Crippen molar-refractivity contribution in [2.75, 3.05) is 5.73 Å². The molecule has 4 rings (SSSR count). The standard InChI is InChI=1S/C16H11N3S2/c17-11-7-8-14(15-10(11)4-3-9-18-15)21-16-19-12-5-1-2-6-13(12)20-16/h1-9H,17H2. The van der Waals surface area contributed by atoms with Crippen LogP contribution in [0.3, 0.4) is 0 Å². The number of hydrogen-bond acceptors (Lipinski definition) is 5. The number of fused-ring (bicyclic) bond motifs is 2. The second-order valence-electron chi connectivity index (χ2n) is 4.60. The van der Waals surface area contributed by atoms with E-state index in [1.165, 1.54) is 4.70 Å². The third-order valence-electron chi connectivity index (χ3n) is 3.24. The molecule has 0 spiro atoms. The van der Waals surface area contributed by atoms with Crippen LogP contribution in [0.5, 0.6) is 0 Å². The lowest BCUT2D eigenvalue weighted by molar-refractivity contribution is 1.29. The zero-order valence-electron chi connectivity index (χ0n) is 11.0. The fourth-order valence-corrected chi connectivity index (χ4v) is 4.37. The van der Waals surface area contributed by atoms with Crippen molar-refractivity contribution in [1.29, 1.82) is 0 Å². The van der Waals surface area contributed by atoms with E-state index in [0.29, 0.717) is 0 Å². The molecule has 2 aromatic carbocycles. The Hall–Kier alpha value is -2.11. The van der Waals surface area contributed by atoms with E-state index in [2.05, 4.69) is 16.0 Å². The first kappa shape index (κ1) is 12.6. The molecule has 0 bridgehead atoms. The Morgan fingerprint density at radius 2 is 1.90 bits per heavy atom. The highest BCUT2D eigenvalue weighted by atomic mass is 32.2. The lowest BCUT2D eigenvalue weighted by Crippen LogP contribution is -1.89. The summed E-state index contributed by atoms with van der Waals surface area (Å²) in [5.41, 5.74) is 8.75. The van der Waals surface area contributed by atoms with Crippen LogP contribution in [0.15, 0.2) is 64.0 Å². The van der Waals surface area contributed by atoms with Gasteiger partial charge in [0, 0.05) is 22.2 Å². The molecule has 0 fully saturated rings. The molecule has 0 aliphatic rings. The molecule has 0 unspecified atom stereocenters. The minimum atomic E-state index is 0.756. The number of aromatic nitrogens is 2. The topological polar surface area (TPSA) is 51.8 Å². The molecule has 4 aromatic rings. The van der Waals surface area contributed by atoms with Gasteiger partial charge in [-0.3, -0.25) is 4.98 Å². The number of rotatable bonds is 2. The number of nitrogens with two attached hydrogens (primary N) is 1. The van der Waals surface area contributed by atoms with Crippen LogP contribution in [-0.4, -0.2) is 9.97 Å². The number of pyridine rings is 1. The summed E-state index contributed by atoms with van der Waals surface area (Å²) in [6, 6.07) is 16.0. The van der Waals surface area contributed by atoms with Crippen LogP contribution < -0.4 is 5.73 Å². The molecule has 0 atom stereocenters. The molecule has 0 radical (unpaired) electrons. The van der Waals surface area contributed by atoms with Crippen LogP contribution >= 0.6 is 23.1 Å². The molecule has 0 aliphatic carbocycles. The van der Waals surface area contributed by atoms with Crippen molar-refractivity contribution in [3.63, 3.8) is 0 Å². The molecule has 102 valence electrons. The Labute approximate surface area is 129 Å². The van der Waals surface area contributed by atoms with Crippen molar-refractivity contribution in [1.82, 2.24) is 9.97 Å². The summed E-state index contributed by atoms with van der Waals surface area (Å²) in [5, 5.41) is 0.989. The zero-order valence-corrected chi connectivity index (χ0v) is 12.6. The first-order valence-electron chi connectivity index (χ1n) is 6.48. The average molecular weight is 309 g/mol. The van der Waals surface area contributed by atoms with E-state index >= 15 is 0 Å². The van der Waals surface area contributed by atoms with Gasteiger partial charge in [-0.05, 0) is 36.4 Å². The van der Waals surface area contributed by atoms with E-state index in [0.717, 1.165) is 31.3 Å². The Morgan fingerprint density at radius 1 is 1.00 bits per heavy atom. The number of nitrogens with zero attached hydrogens (tertiary/aromatic N) is 2. The van der Waals surface area contributed by atoms with E-state index in [1.807, 2.05) is 42.5 Å². The molecule has 2 aromatic heterocycles.